The lowest BCUT2D eigenvalue weighted by Gasteiger charge is -2.15. The van der Waals surface area contributed by atoms with Gasteiger partial charge in [-0.2, -0.15) is 0 Å². The van der Waals surface area contributed by atoms with Crippen LogP contribution in [0.3, 0.4) is 0 Å². The van der Waals surface area contributed by atoms with Crippen molar-refractivity contribution < 1.29 is 23.7 Å². The Bertz CT molecular complexity index is 1230. The number of carbonyl (C=O) groups excluding carboxylic acids is 2. The number of benzene rings is 3. The zero-order valence-corrected chi connectivity index (χ0v) is 19.7. The van der Waals surface area contributed by atoms with E-state index in [0.29, 0.717) is 17.1 Å². The lowest BCUT2D eigenvalue weighted by atomic mass is 9.98. The number of nitrogens with one attached hydrogen (secondary N) is 2. The molecule has 1 aliphatic rings. The number of methoxy groups -OCH3 is 2. The SMILES string of the molecule is COc1ccc(/C=[N+]2\NC(=O)[C@H](NC(=O)c3ccc(C)cc3)[C@H]2c2ccc(C)cc2)cc1OC. The van der Waals surface area contributed by atoms with Gasteiger partial charge in [-0.3, -0.25) is 9.59 Å². The van der Waals surface area contributed by atoms with Gasteiger partial charge in [0.15, 0.2) is 17.5 Å². The maximum atomic E-state index is 13.0. The van der Waals surface area contributed by atoms with Gasteiger partial charge in [0.2, 0.25) is 12.3 Å². The van der Waals surface area contributed by atoms with Gasteiger partial charge in [-0.15, -0.1) is 10.1 Å². The Hall–Kier alpha value is -4.13. The number of hydrogen-bond donors (Lipinski definition) is 2. The van der Waals surface area contributed by atoms with Crippen LogP contribution in [0.4, 0.5) is 0 Å². The van der Waals surface area contributed by atoms with Crippen LogP contribution in [0.15, 0.2) is 66.7 Å². The standard InChI is InChI=1S/C27H27N3O4/c1-17-5-10-20(11-6-17)25-24(28-26(31)21-12-7-18(2)8-13-21)27(32)29-30(25)16-19-9-14-22(33-3)23(15-19)34-4/h5-16,24-25H,1-4H3,(H-,28,29,31,32)/p+1/b30-16-/t24-,25-/m1/s1. The van der Waals surface area contributed by atoms with Crippen molar-refractivity contribution in [1.82, 2.24) is 10.7 Å². The average molecular weight is 459 g/mol. The molecule has 7 heteroatoms. The molecular formula is C27H28N3O4+. The third-order valence-electron chi connectivity index (χ3n) is 5.85. The molecule has 1 fully saturated rings. The van der Waals surface area contributed by atoms with Crippen LogP contribution in [0.1, 0.15) is 38.7 Å². The average Bonchev–Trinajstić information content (AvgIpc) is 3.14. The molecule has 0 bridgehead atoms. The first kappa shape index (κ1) is 23.0. The van der Waals surface area contributed by atoms with Crippen LogP contribution < -0.4 is 20.2 Å². The van der Waals surface area contributed by atoms with Gasteiger partial charge in [0, 0.05) is 16.7 Å². The Morgan fingerprint density at radius 1 is 0.912 bits per heavy atom. The first-order chi connectivity index (χ1) is 16.4. The number of amides is 2. The monoisotopic (exact) mass is 458 g/mol. The number of hydrazine groups is 1. The zero-order valence-electron chi connectivity index (χ0n) is 19.7. The van der Waals surface area contributed by atoms with Gasteiger partial charge in [-0.1, -0.05) is 47.5 Å². The Labute approximate surface area is 199 Å². The molecule has 3 aromatic rings. The third kappa shape index (κ3) is 4.78. The number of ether oxygens (including phenoxy) is 2. The maximum absolute atomic E-state index is 13.0. The molecule has 1 saturated heterocycles. The number of hydrogen-bond acceptors (Lipinski definition) is 4. The van der Waals surface area contributed by atoms with E-state index in [1.54, 1.807) is 37.1 Å². The summed E-state index contributed by atoms with van der Waals surface area (Å²) in [4.78, 5) is 26.0. The van der Waals surface area contributed by atoms with E-state index in [-0.39, 0.29) is 11.8 Å². The largest absolute Gasteiger partial charge is 0.493 e. The maximum Gasteiger partial charge on any atom is 0.304 e. The van der Waals surface area contributed by atoms with Gasteiger partial charge in [0.05, 0.1) is 14.2 Å². The molecule has 2 amide bonds. The molecule has 0 aliphatic carbocycles. The van der Waals surface area contributed by atoms with E-state index in [9.17, 15) is 9.59 Å². The Morgan fingerprint density at radius 2 is 1.53 bits per heavy atom. The molecule has 3 aromatic carbocycles. The minimum atomic E-state index is -0.784. The molecule has 7 nitrogen and oxygen atoms in total. The predicted octanol–water partition coefficient (Wildman–Crippen LogP) is 3.34. The molecule has 4 rings (SSSR count). The number of carbonyl (C=O) groups is 2. The first-order valence-electron chi connectivity index (χ1n) is 11.0. The van der Waals surface area contributed by atoms with Crippen LogP contribution in [0, 0.1) is 13.8 Å². The van der Waals surface area contributed by atoms with Crippen LogP contribution in [0.25, 0.3) is 0 Å². The Balaban J connectivity index is 1.71. The summed E-state index contributed by atoms with van der Waals surface area (Å²) in [5.74, 6) is 0.606. The summed E-state index contributed by atoms with van der Waals surface area (Å²) in [6.45, 7) is 3.97. The van der Waals surface area contributed by atoms with Crippen LogP contribution >= 0.6 is 0 Å². The number of hydrazone groups is 1. The van der Waals surface area contributed by atoms with Gasteiger partial charge in [-0.05, 0) is 44.2 Å². The minimum absolute atomic E-state index is 0.289. The summed E-state index contributed by atoms with van der Waals surface area (Å²) in [6, 6.07) is 19.5. The summed E-state index contributed by atoms with van der Waals surface area (Å²) in [5.41, 5.74) is 7.27. The Morgan fingerprint density at radius 3 is 2.15 bits per heavy atom. The van der Waals surface area contributed by atoms with E-state index in [0.717, 1.165) is 22.3 Å². The van der Waals surface area contributed by atoms with Crippen LogP contribution in [0.2, 0.25) is 0 Å². The molecule has 0 unspecified atom stereocenters. The van der Waals surface area contributed by atoms with Crippen molar-refractivity contribution in [2.75, 3.05) is 14.2 Å². The molecule has 2 atom stereocenters. The highest BCUT2D eigenvalue weighted by atomic mass is 16.5. The fraction of sp³-hybridized carbons (Fsp3) is 0.222. The molecule has 1 aliphatic heterocycles. The molecule has 34 heavy (non-hydrogen) atoms. The van der Waals surface area contributed by atoms with Crippen molar-refractivity contribution in [2.24, 2.45) is 0 Å². The smallest absolute Gasteiger partial charge is 0.304 e. The lowest BCUT2D eigenvalue weighted by Crippen LogP contribution is -2.42. The van der Waals surface area contributed by atoms with Gasteiger partial charge in [0.25, 0.3) is 5.91 Å². The van der Waals surface area contributed by atoms with E-state index in [1.165, 1.54) is 0 Å². The van der Waals surface area contributed by atoms with E-state index < -0.39 is 12.1 Å². The number of nitrogens with zero attached hydrogens (tertiary/aromatic N) is 1. The molecule has 2 N–H and O–H groups in total. The van der Waals surface area contributed by atoms with Crippen LogP contribution in [-0.4, -0.2) is 43.0 Å². The highest BCUT2D eigenvalue weighted by Crippen LogP contribution is 2.29. The quantitative estimate of drug-likeness (QED) is 0.556. The number of aryl methyl sites for hydroxylation is 2. The van der Waals surface area contributed by atoms with E-state index in [2.05, 4.69) is 10.7 Å². The second-order valence-electron chi connectivity index (χ2n) is 8.30. The second-order valence-corrected chi connectivity index (χ2v) is 8.30. The molecule has 1 heterocycles. The van der Waals surface area contributed by atoms with Gasteiger partial charge in [0.1, 0.15) is 0 Å². The van der Waals surface area contributed by atoms with Crippen LogP contribution in [0.5, 0.6) is 11.5 Å². The van der Waals surface area contributed by atoms with Crippen molar-refractivity contribution in [3.63, 3.8) is 0 Å². The summed E-state index contributed by atoms with van der Waals surface area (Å²) in [5, 5.41) is 2.93. The fourth-order valence-corrected chi connectivity index (χ4v) is 3.97. The highest BCUT2D eigenvalue weighted by molar-refractivity contribution is 5.98. The molecule has 174 valence electrons. The van der Waals surface area contributed by atoms with Crippen molar-refractivity contribution in [3.05, 3.63) is 94.5 Å². The zero-order chi connectivity index (χ0) is 24.2. The lowest BCUT2D eigenvalue weighted by molar-refractivity contribution is -0.596. The number of rotatable bonds is 6. The summed E-state index contributed by atoms with van der Waals surface area (Å²) in [6.07, 6.45) is 1.82. The summed E-state index contributed by atoms with van der Waals surface area (Å²) >= 11 is 0. The molecule has 0 radical (unpaired) electrons. The third-order valence-corrected chi connectivity index (χ3v) is 5.85. The van der Waals surface area contributed by atoms with Gasteiger partial charge < -0.3 is 14.8 Å². The molecule has 0 saturated carbocycles. The highest BCUT2D eigenvalue weighted by Gasteiger charge is 2.47. The predicted molar refractivity (Wildman–Crippen MR) is 129 cm³/mol. The fourth-order valence-electron chi connectivity index (χ4n) is 3.97. The summed E-state index contributed by atoms with van der Waals surface area (Å²) in [7, 11) is 3.15. The minimum Gasteiger partial charge on any atom is -0.493 e. The van der Waals surface area contributed by atoms with E-state index in [4.69, 9.17) is 9.47 Å². The van der Waals surface area contributed by atoms with Gasteiger partial charge in [-0.25, -0.2) is 0 Å². The second kappa shape index (κ2) is 9.79. The van der Waals surface area contributed by atoms with Crippen molar-refractivity contribution in [1.29, 1.82) is 0 Å². The van der Waals surface area contributed by atoms with E-state index in [1.807, 2.05) is 68.6 Å². The normalized spacial score (nSPS) is 18.5. The molecule has 0 aromatic heterocycles. The van der Waals surface area contributed by atoms with Crippen molar-refractivity contribution >= 4 is 18.0 Å². The molecule has 0 spiro atoms. The van der Waals surface area contributed by atoms with Gasteiger partial charge >= 0.3 is 5.91 Å². The summed E-state index contributed by atoms with van der Waals surface area (Å²) < 4.78 is 12.5. The van der Waals surface area contributed by atoms with Crippen molar-refractivity contribution in [3.8, 4) is 11.5 Å². The van der Waals surface area contributed by atoms with Crippen molar-refractivity contribution in [2.45, 2.75) is 25.9 Å². The first-order valence-corrected chi connectivity index (χ1v) is 11.0. The topological polar surface area (TPSA) is 79.7 Å². The molecular weight excluding hydrogens is 430 g/mol. The Kier molecular flexibility index (Phi) is 6.63. The van der Waals surface area contributed by atoms with Crippen LogP contribution in [-0.2, 0) is 4.79 Å². The van der Waals surface area contributed by atoms with E-state index >= 15 is 0 Å².